The van der Waals surface area contributed by atoms with Crippen LogP contribution in [0.4, 0.5) is 0 Å². The highest BCUT2D eigenvalue weighted by atomic mass is 16.7. The van der Waals surface area contributed by atoms with Crippen molar-refractivity contribution in [2.75, 3.05) is 47.5 Å². The van der Waals surface area contributed by atoms with Crippen molar-refractivity contribution in [1.82, 2.24) is 0 Å². The van der Waals surface area contributed by atoms with Gasteiger partial charge in [0.1, 0.15) is 13.2 Å². The molecule has 0 amide bonds. The number of carbonyl (C=O) groups is 3. The summed E-state index contributed by atoms with van der Waals surface area (Å²) in [6.07, 6.45) is 93.1. The first-order chi connectivity index (χ1) is 42.6. The number of nitrogens with zero attached hydrogens (tertiary/aromatic N) is 1. The molecule has 9 nitrogen and oxygen atoms in total. The Kier molecular flexibility index (Phi) is 64.3. The third kappa shape index (κ3) is 69.0. The second kappa shape index (κ2) is 67.6. The molecular formula is C78H134NO8+. The molecule has 0 aromatic rings. The molecule has 0 spiro atoms. The maximum Gasteiger partial charge on any atom is 0.361 e. The fourth-order valence-corrected chi connectivity index (χ4v) is 9.83. The minimum absolute atomic E-state index is 0.183. The average molecular weight is 1210 g/mol. The zero-order valence-corrected chi connectivity index (χ0v) is 56.9. The van der Waals surface area contributed by atoms with Crippen LogP contribution in [0.25, 0.3) is 0 Å². The Morgan fingerprint density at radius 2 is 0.621 bits per heavy atom. The summed E-state index contributed by atoms with van der Waals surface area (Å²) in [5.74, 6) is -2.01. The van der Waals surface area contributed by atoms with E-state index in [1.54, 1.807) is 0 Å². The van der Waals surface area contributed by atoms with Crippen LogP contribution in [0, 0.1) is 0 Å². The number of likely N-dealkylation sites (N-methyl/N-ethyl adjacent to an activating group) is 1. The number of quaternary nitrogens is 1. The van der Waals surface area contributed by atoms with E-state index in [4.69, 9.17) is 18.9 Å². The van der Waals surface area contributed by atoms with Crippen molar-refractivity contribution in [3.8, 4) is 0 Å². The fraction of sp³-hybridized carbons (Fsp3) is 0.705. The van der Waals surface area contributed by atoms with Crippen LogP contribution < -0.4 is 0 Å². The minimum atomic E-state index is -1.52. The van der Waals surface area contributed by atoms with Crippen molar-refractivity contribution in [1.29, 1.82) is 0 Å². The quantitative estimate of drug-likeness (QED) is 0.0211. The van der Waals surface area contributed by atoms with Crippen molar-refractivity contribution in [2.24, 2.45) is 0 Å². The Hall–Kier alpha value is -4.31. The normalized spacial score (nSPS) is 13.4. The molecule has 0 aliphatic carbocycles. The van der Waals surface area contributed by atoms with Crippen LogP contribution in [-0.2, 0) is 33.3 Å². The van der Waals surface area contributed by atoms with Crippen molar-refractivity contribution in [3.63, 3.8) is 0 Å². The van der Waals surface area contributed by atoms with Gasteiger partial charge in [-0.3, -0.25) is 9.59 Å². The van der Waals surface area contributed by atoms with E-state index in [9.17, 15) is 19.5 Å². The number of aliphatic carboxylic acids is 1. The standard InChI is InChI=1S/C78H133NO8/c1-6-8-10-12-14-16-18-20-22-24-26-28-30-32-34-36-37-38-39-41-42-44-46-48-50-52-54-56-58-60-62-64-66-68-75(80)85-72-74(73-86-78(77(82)83)84-71-70-79(3,4)5)87-76(81)69-67-65-63-61-59-57-55-53-51-49-47-45-43-40-35-33-31-29-27-25-23-21-19-17-15-13-11-9-7-2/h8-11,14-17,20-23,26-29,33,35,43,45,74,78H,6-7,12-13,18-19,24-25,30-32,34,36-42,44,46-73H2,1-5H3/p+1/b10-8-,11-9-,16-14-,17-15-,22-20-,23-21-,28-26-,29-27-,35-33-,45-43-. The topological polar surface area (TPSA) is 108 Å². The van der Waals surface area contributed by atoms with E-state index >= 15 is 0 Å². The molecule has 0 aromatic carbocycles. The number of carboxylic acid groups (broad SMARTS) is 1. The van der Waals surface area contributed by atoms with Crippen LogP contribution in [0.5, 0.6) is 0 Å². The third-order valence-electron chi connectivity index (χ3n) is 15.2. The van der Waals surface area contributed by atoms with Gasteiger partial charge in [-0.25, -0.2) is 4.79 Å². The zero-order valence-electron chi connectivity index (χ0n) is 56.9. The van der Waals surface area contributed by atoms with E-state index in [0.717, 1.165) is 109 Å². The van der Waals surface area contributed by atoms with E-state index < -0.39 is 24.3 Å². The van der Waals surface area contributed by atoms with Gasteiger partial charge >= 0.3 is 17.9 Å². The lowest BCUT2D eigenvalue weighted by atomic mass is 10.0. The largest absolute Gasteiger partial charge is 0.477 e. The van der Waals surface area contributed by atoms with Gasteiger partial charge in [-0.05, 0) is 103 Å². The van der Waals surface area contributed by atoms with Gasteiger partial charge in [0.05, 0.1) is 34.4 Å². The van der Waals surface area contributed by atoms with Crippen molar-refractivity contribution in [3.05, 3.63) is 122 Å². The van der Waals surface area contributed by atoms with Crippen LogP contribution >= 0.6 is 0 Å². The summed E-state index contributed by atoms with van der Waals surface area (Å²) >= 11 is 0. The Labute approximate surface area is 536 Å². The second-order valence-corrected chi connectivity index (χ2v) is 24.8. The second-order valence-electron chi connectivity index (χ2n) is 24.8. The molecule has 498 valence electrons. The summed E-state index contributed by atoms with van der Waals surface area (Å²) in [5.41, 5.74) is 0. The molecule has 2 atom stereocenters. The number of rotatable bonds is 65. The lowest BCUT2D eigenvalue weighted by molar-refractivity contribution is -0.870. The highest BCUT2D eigenvalue weighted by Crippen LogP contribution is 2.17. The molecule has 0 bridgehead atoms. The predicted molar refractivity (Wildman–Crippen MR) is 373 cm³/mol. The lowest BCUT2D eigenvalue weighted by Gasteiger charge is -2.25. The van der Waals surface area contributed by atoms with Crippen molar-refractivity contribution in [2.45, 2.75) is 309 Å². The summed E-state index contributed by atoms with van der Waals surface area (Å²) in [6, 6.07) is 0. The average Bonchev–Trinajstić information content (AvgIpc) is 3.57. The Bertz CT molecular complexity index is 1840. The van der Waals surface area contributed by atoms with Gasteiger partial charge in [0.15, 0.2) is 6.10 Å². The molecule has 0 rings (SSSR count). The smallest absolute Gasteiger partial charge is 0.361 e. The van der Waals surface area contributed by atoms with Gasteiger partial charge in [0, 0.05) is 12.8 Å². The molecule has 0 saturated carbocycles. The number of unbranched alkanes of at least 4 members (excludes halogenated alkanes) is 30. The molecule has 0 aliphatic rings. The molecule has 0 saturated heterocycles. The molecule has 0 aromatic heterocycles. The van der Waals surface area contributed by atoms with Crippen LogP contribution in [0.15, 0.2) is 122 Å². The summed E-state index contributed by atoms with van der Waals surface area (Å²) in [6.45, 7) is 4.67. The number of esters is 2. The van der Waals surface area contributed by atoms with E-state index in [0.29, 0.717) is 23.9 Å². The summed E-state index contributed by atoms with van der Waals surface area (Å²) in [5, 5.41) is 9.75. The van der Waals surface area contributed by atoms with Gasteiger partial charge < -0.3 is 28.5 Å². The molecule has 0 heterocycles. The van der Waals surface area contributed by atoms with Crippen LogP contribution in [-0.4, -0.2) is 87.4 Å². The zero-order chi connectivity index (χ0) is 63.3. The van der Waals surface area contributed by atoms with Crippen molar-refractivity contribution >= 4 is 17.9 Å². The van der Waals surface area contributed by atoms with Gasteiger partial charge in [-0.15, -0.1) is 0 Å². The summed E-state index contributed by atoms with van der Waals surface area (Å²) < 4.78 is 23.0. The molecule has 87 heavy (non-hydrogen) atoms. The highest BCUT2D eigenvalue weighted by molar-refractivity contribution is 5.71. The monoisotopic (exact) mass is 1210 g/mol. The van der Waals surface area contributed by atoms with Crippen LogP contribution in [0.1, 0.15) is 296 Å². The first-order valence-corrected chi connectivity index (χ1v) is 35.7. The van der Waals surface area contributed by atoms with Gasteiger partial charge in [-0.1, -0.05) is 302 Å². The summed E-state index contributed by atoms with van der Waals surface area (Å²) in [4.78, 5) is 37.7. The van der Waals surface area contributed by atoms with E-state index in [1.807, 2.05) is 21.1 Å². The van der Waals surface area contributed by atoms with Crippen LogP contribution in [0.3, 0.4) is 0 Å². The molecule has 2 unspecified atom stereocenters. The molecule has 0 fully saturated rings. The molecular weight excluding hydrogens is 1080 g/mol. The minimum Gasteiger partial charge on any atom is -0.477 e. The molecule has 0 aliphatic heterocycles. The van der Waals surface area contributed by atoms with Crippen LogP contribution in [0.2, 0.25) is 0 Å². The van der Waals surface area contributed by atoms with Gasteiger partial charge in [0.25, 0.3) is 6.29 Å². The first-order valence-electron chi connectivity index (χ1n) is 35.7. The van der Waals surface area contributed by atoms with E-state index in [-0.39, 0.29) is 32.2 Å². The molecule has 0 radical (unpaired) electrons. The number of hydrogen-bond donors (Lipinski definition) is 1. The number of ether oxygens (including phenoxy) is 4. The number of carbonyl (C=O) groups excluding carboxylic acids is 2. The third-order valence-corrected chi connectivity index (χ3v) is 15.2. The fourth-order valence-electron chi connectivity index (χ4n) is 9.83. The Morgan fingerprint density at radius 1 is 0.345 bits per heavy atom. The van der Waals surface area contributed by atoms with E-state index in [2.05, 4.69) is 135 Å². The number of allylic oxidation sites excluding steroid dienone is 20. The maximum absolute atomic E-state index is 13.0. The predicted octanol–water partition coefficient (Wildman–Crippen LogP) is 22.4. The highest BCUT2D eigenvalue weighted by Gasteiger charge is 2.25. The molecule has 9 heteroatoms. The van der Waals surface area contributed by atoms with E-state index in [1.165, 1.54) is 154 Å². The SMILES string of the molecule is CC/C=C\C/C=C\C/C=C\C/C=C\C/C=C\C/C=C\CCCCCCCCCCCCC(=O)OC(COC(=O)CCCCCCCCCCCCCCCCCCCCCC/C=C\C/C=C\C/C=C\C/C=C\CC)COC(OCC[N+](C)(C)C)C(=O)O. The van der Waals surface area contributed by atoms with Gasteiger partial charge in [0.2, 0.25) is 0 Å². The Morgan fingerprint density at radius 3 is 0.920 bits per heavy atom. The lowest BCUT2D eigenvalue weighted by Crippen LogP contribution is -2.40. The van der Waals surface area contributed by atoms with Gasteiger partial charge in [-0.2, -0.15) is 0 Å². The Balaban J connectivity index is 4.10. The summed E-state index contributed by atoms with van der Waals surface area (Å²) in [7, 11) is 5.98. The number of carboxylic acids is 1. The molecule has 1 N–H and O–H groups in total. The maximum atomic E-state index is 13.0. The first kappa shape index (κ1) is 82.7. The number of hydrogen-bond acceptors (Lipinski definition) is 7. The van der Waals surface area contributed by atoms with Crippen molar-refractivity contribution < 1.29 is 42.9 Å².